The minimum Gasteiger partial charge on any atom is -0.542 e. The molecule has 0 spiro atoms. The summed E-state index contributed by atoms with van der Waals surface area (Å²) in [5.41, 5.74) is 2.13. The third-order valence-corrected chi connectivity index (χ3v) is 3.65. The fraction of sp³-hybridized carbons (Fsp3) is 0.600. The normalized spacial score (nSPS) is 11.6. The highest BCUT2D eigenvalue weighted by Gasteiger charge is 2.25. The van der Waals surface area contributed by atoms with Gasteiger partial charge in [-0.05, 0) is 44.1 Å². The molecule has 0 heterocycles. The number of benzene rings is 1. The Balaban J connectivity index is 3.50. The first-order valence-corrected chi connectivity index (χ1v) is 10.1. The lowest BCUT2D eigenvalue weighted by Gasteiger charge is -2.26. The average molecular weight is 282 g/mol. The van der Waals surface area contributed by atoms with Gasteiger partial charge in [0.2, 0.25) is 8.32 Å². The molecular formula is C15H26O3Si. The van der Waals surface area contributed by atoms with Crippen LogP contribution in [0.5, 0.6) is 17.2 Å². The average Bonchev–Trinajstić information content (AvgIpc) is 2.28. The van der Waals surface area contributed by atoms with Gasteiger partial charge in [-0.15, -0.1) is 0 Å². The Bertz CT molecular complexity index is 448. The van der Waals surface area contributed by atoms with Crippen LogP contribution in [-0.2, 0) is 0 Å². The standard InChI is InChI=1S/C15H26O3Si/c1-10(2)13-12(16-4)9-11(3)14(15(13)17-5)18-19(6,7)8/h9-10H,1-8H3. The minimum absolute atomic E-state index is 0.314. The number of ether oxygens (including phenoxy) is 2. The number of methoxy groups -OCH3 is 2. The maximum absolute atomic E-state index is 6.20. The van der Waals surface area contributed by atoms with E-state index in [1.54, 1.807) is 14.2 Å². The molecule has 0 aromatic heterocycles. The first-order chi connectivity index (χ1) is 8.71. The molecule has 0 N–H and O–H groups in total. The maximum atomic E-state index is 6.20. The first-order valence-electron chi connectivity index (χ1n) is 6.65. The van der Waals surface area contributed by atoms with E-state index in [1.165, 1.54) is 0 Å². The molecule has 108 valence electrons. The molecule has 0 bridgehead atoms. The summed E-state index contributed by atoms with van der Waals surface area (Å²) >= 11 is 0. The van der Waals surface area contributed by atoms with Gasteiger partial charge in [0.25, 0.3) is 0 Å². The molecule has 4 heteroatoms. The third kappa shape index (κ3) is 3.66. The minimum atomic E-state index is -1.68. The van der Waals surface area contributed by atoms with Crippen molar-refractivity contribution in [2.75, 3.05) is 14.2 Å². The topological polar surface area (TPSA) is 27.7 Å². The molecule has 0 saturated heterocycles. The molecule has 0 saturated carbocycles. The third-order valence-electron chi connectivity index (χ3n) is 2.83. The summed E-state index contributed by atoms with van der Waals surface area (Å²) in [4.78, 5) is 0. The van der Waals surface area contributed by atoms with Gasteiger partial charge in [-0.25, -0.2) is 0 Å². The fourth-order valence-electron chi connectivity index (χ4n) is 2.10. The van der Waals surface area contributed by atoms with Gasteiger partial charge in [0.15, 0.2) is 5.75 Å². The van der Waals surface area contributed by atoms with Gasteiger partial charge >= 0.3 is 0 Å². The molecule has 0 atom stereocenters. The van der Waals surface area contributed by atoms with Gasteiger partial charge < -0.3 is 13.9 Å². The highest BCUT2D eigenvalue weighted by atomic mass is 28.4. The molecule has 0 aliphatic heterocycles. The molecule has 0 aliphatic carbocycles. The predicted octanol–water partition coefficient (Wildman–Crippen LogP) is 4.35. The Labute approximate surface area is 118 Å². The van der Waals surface area contributed by atoms with Crippen molar-refractivity contribution in [2.45, 2.75) is 46.3 Å². The van der Waals surface area contributed by atoms with Gasteiger partial charge in [-0.3, -0.25) is 0 Å². The molecule has 1 rings (SSSR count). The van der Waals surface area contributed by atoms with Crippen molar-refractivity contribution in [1.29, 1.82) is 0 Å². The van der Waals surface area contributed by atoms with Crippen LogP contribution in [0, 0.1) is 6.92 Å². The van der Waals surface area contributed by atoms with Crippen LogP contribution in [-0.4, -0.2) is 22.5 Å². The summed E-state index contributed by atoms with van der Waals surface area (Å²) in [6.45, 7) is 12.8. The van der Waals surface area contributed by atoms with E-state index in [9.17, 15) is 0 Å². The molecule has 0 amide bonds. The molecule has 0 aliphatic rings. The quantitative estimate of drug-likeness (QED) is 0.751. The van der Waals surface area contributed by atoms with E-state index in [2.05, 4.69) is 33.5 Å². The maximum Gasteiger partial charge on any atom is 0.242 e. The summed E-state index contributed by atoms with van der Waals surface area (Å²) in [6, 6.07) is 2.04. The second-order valence-electron chi connectivity index (χ2n) is 6.04. The largest absolute Gasteiger partial charge is 0.542 e. The predicted molar refractivity (Wildman–Crippen MR) is 82.3 cm³/mol. The Hall–Kier alpha value is -1.16. The number of aryl methyl sites for hydroxylation is 1. The van der Waals surface area contributed by atoms with Crippen LogP contribution < -0.4 is 13.9 Å². The molecule has 0 unspecified atom stereocenters. The van der Waals surface area contributed by atoms with E-state index in [1.807, 2.05) is 13.0 Å². The smallest absolute Gasteiger partial charge is 0.242 e. The Morgan fingerprint density at radius 1 is 1.00 bits per heavy atom. The fourth-order valence-corrected chi connectivity index (χ4v) is 2.97. The van der Waals surface area contributed by atoms with Gasteiger partial charge in [0.1, 0.15) is 11.5 Å². The molecule has 0 radical (unpaired) electrons. The lowest BCUT2D eigenvalue weighted by molar-refractivity contribution is 0.366. The molecule has 0 fully saturated rings. The van der Waals surface area contributed by atoms with Crippen LogP contribution in [0.15, 0.2) is 6.07 Å². The second kappa shape index (κ2) is 5.86. The number of hydrogen-bond donors (Lipinski definition) is 0. The van der Waals surface area contributed by atoms with Crippen LogP contribution in [0.4, 0.5) is 0 Å². The van der Waals surface area contributed by atoms with E-state index in [0.29, 0.717) is 5.92 Å². The van der Waals surface area contributed by atoms with Crippen LogP contribution in [0.1, 0.15) is 30.9 Å². The number of rotatable bonds is 5. The van der Waals surface area contributed by atoms with E-state index < -0.39 is 8.32 Å². The van der Waals surface area contributed by atoms with Crippen molar-refractivity contribution in [3.05, 3.63) is 17.2 Å². The lowest BCUT2D eigenvalue weighted by atomic mass is 9.98. The zero-order valence-corrected chi connectivity index (χ0v) is 14.4. The zero-order valence-electron chi connectivity index (χ0n) is 13.4. The van der Waals surface area contributed by atoms with Gasteiger partial charge in [0, 0.05) is 5.56 Å². The van der Waals surface area contributed by atoms with E-state index >= 15 is 0 Å². The van der Waals surface area contributed by atoms with Gasteiger partial charge in [-0.1, -0.05) is 13.8 Å². The van der Waals surface area contributed by atoms with Crippen molar-refractivity contribution in [2.24, 2.45) is 0 Å². The highest BCUT2D eigenvalue weighted by Crippen LogP contribution is 2.44. The first kappa shape index (κ1) is 15.9. The van der Waals surface area contributed by atoms with E-state index in [-0.39, 0.29) is 0 Å². The van der Waals surface area contributed by atoms with Crippen LogP contribution >= 0.6 is 0 Å². The zero-order chi connectivity index (χ0) is 14.8. The molecule has 3 nitrogen and oxygen atoms in total. The van der Waals surface area contributed by atoms with E-state index in [0.717, 1.165) is 28.4 Å². The Kier molecular flexibility index (Phi) is 4.90. The Morgan fingerprint density at radius 3 is 1.95 bits per heavy atom. The summed E-state index contributed by atoms with van der Waals surface area (Å²) in [5, 5.41) is 0. The summed E-state index contributed by atoms with van der Waals surface area (Å²) in [5.74, 6) is 2.86. The van der Waals surface area contributed by atoms with Crippen molar-refractivity contribution >= 4 is 8.32 Å². The molecular weight excluding hydrogens is 256 g/mol. The monoisotopic (exact) mass is 282 g/mol. The highest BCUT2D eigenvalue weighted by molar-refractivity contribution is 6.70. The van der Waals surface area contributed by atoms with Gasteiger partial charge in [-0.2, -0.15) is 0 Å². The summed E-state index contributed by atoms with van der Waals surface area (Å²) in [6.07, 6.45) is 0. The summed E-state index contributed by atoms with van der Waals surface area (Å²) < 4.78 is 17.3. The lowest BCUT2D eigenvalue weighted by Crippen LogP contribution is -2.30. The SMILES string of the molecule is COc1cc(C)c(O[Si](C)(C)C)c(OC)c1C(C)C. The van der Waals surface area contributed by atoms with Crippen LogP contribution in [0.2, 0.25) is 19.6 Å². The van der Waals surface area contributed by atoms with Crippen molar-refractivity contribution in [3.8, 4) is 17.2 Å². The summed E-state index contributed by atoms with van der Waals surface area (Å²) in [7, 11) is 1.70. The van der Waals surface area contributed by atoms with Crippen molar-refractivity contribution in [3.63, 3.8) is 0 Å². The second-order valence-corrected chi connectivity index (χ2v) is 10.5. The van der Waals surface area contributed by atoms with Gasteiger partial charge in [0.05, 0.1) is 14.2 Å². The molecule has 19 heavy (non-hydrogen) atoms. The van der Waals surface area contributed by atoms with Crippen LogP contribution in [0.3, 0.4) is 0 Å². The number of hydrogen-bond acceptors (Lipinski definition) is 3. The Morgan fingerprint density at radius 2 is 1.58 bits per heavy atom. The molecule has 1 aromatic rings. The van der Waals surface area contributed by atoms with E-state index in [4.69, 9.17) is 13.9 Å². The van der Waals surface area contributed by atoms with Crippen molar-refractivity contribution in [1.82, 2.24) is 0 Å². The van der Waals surface area contributed by atoms with Crippen molar-refractivity contribution < 1.29 is 13.9 Å². The van der Waals surface area contributed by atoms with Crippen LogP contribution in [0.25, 0.3) is 0 Å². The molecule has 1 aromatic carbocycles.